The summed E-state index contributed by atoms with van der Waals surface area (Å²) >= 11 is 6.29. The summed E-state index contributed by atoms with van der Waals surface area (Å²) in [5.41, 5.74) is 6.51. The molecule has 0 radical (unpaired) electrons. The number of carbonyl (C=O) groups excluding carboxylic acids is 1. The maximum atomic E-state index is 12.7. The molecule has 0 aliphatic heterocycles. The number of aromatic nitrogens is 4. The lowest BCUT2D eigenvalue weighted by atomic mass is 10.1. The van der Waals surface area contributed by atoms with Gasteiger partial charge >= 0.3 is 0 Å². The first-order chi connectivity index (χ1) is 15.3. The van der Waals surface area contributed by atoms with E-state index in [1.54, 1.807) is 6.20 Å². The predicted octanol–water partition coefficient (Wildman–Crippen LogP) is 5.19. The molecule has 2 aromatic heterocycles. The summed E-state index contributed by atoms with van der Waals surface area (Å²) in [5.74, 6) is 0.900. The van der Waals surface area contributed by atoms with Crippen molar-refractivity contribution in [2.45, 2.75) is 40.7 Å². The average Bonchev–Trinajstić information content (AvgIpc) is 3.29. The van der Waals surface area contributed by atoms with Crippen molar-refractivity contribution in [1.29, 1.82) is 0 Å². The lowest BCUT2D eigenvalue weighted by Gasteiger charge is -2.09. The summed E-state index contributed by atoms with van der Waals surface area (Å²) in [6.07, 6.45) is 4.01. The van der Waals surface area contributed by atoms with Gasteiger partial charge in [-0.25, -0.2) is 9.67 Å². The molecule has 4 rings (SSSR count). The molecule has 0 saturated carbocycles. The molecule has 0 aliphatic rings. The van der Waals surface area contributed by atoms with Crippen LogP contribution in [0.2, 0.25) is 5.02 Å². The number of carbonyl (C=O) groups is 1. The van der Waals surface area contributed by atoms with Crippen molar-refractivity contribution >= 4 is 23.2 Å². The zero-order chi connectivity index (χ0) is 22.8. The van der Waals surface area contributed by atoms with Crippen LogP contribution in [0.3, 0.4) is 0 Å². The Balaban J connectivity index is 1.44. The number of aryl methyl sites for hydroxylation is 3. The van der Waals surface area contributed by atoms with Crippen molar-refractivity contribution in [2.24, 2.45) is 0 Å². The normalized spacial score (nSPS) is 11.0. The third kappa shape index (κ3) is 4.60. The minimum atomic E-state index is -0.0732. The van der Waals surface area contributed by atoms with E-state index in [1.165, 1.54) is 0 Å². The quantitative estimate of drug-likeness (QED) is 0.442. The van der Waals surface area contributed by atoms with Crippen LogP contribution < -0.4 is 5.32 Å². The number of anilines is 1. The van der Waals surface area contributed by atoms with E-state index in [4.69, 9.17) is 11.6 Å². The monoisotopic (exact) mass is 447 g/mol. The Kier molecular flexibility index (Phi) is 6.15. The van der Waals surface area contributed by atoms with Gasteiger partial charge in [-0.15, -0.1) is 0 Å². The van der Waals surface area contributed by atoms with Gasteiger partial charge in [0.15, 0.2) is 0 Å². The third-order valence-electron chi connectivity index (χ3n) is 5.69. The number of halogens is 1. The van der Waals surface area contributed by atoms with E-state index in [9.17, 15) is 4.79 Å². The van der Waals surface area contributed by atoms with Gasteiger partial charge in [0.2, 0.25) is 5.91 Å². The highest BCUT2D eigenvalue weighted by Gasteiger charge is 2.16. The van der Waals surface area contributed by atoms with E-state index in [1.807, 2.05) is 81.0 Å². The van der Waals surface area contributed by atoms with E-state index in [2.05, 4.69) is 20.0 Å². The van der Waals surface area contributed by atoms with Crippen LogP contribution in [0, 0.1) is 27.7 Å². The fourth-order valence-corrected chi connectivity index (χ4v) is 3.90. The Labute approximate surface area is 192 Å². The molecule has 0 unspecified atom stereocenters. The van der Waals surface area contributed by atoms with Crippen LogP contribution in [-0.4, -0.2) is 25.2 Å². The topological polar surface area (TPSA) is 64.7 Å². The molecule has 1 N–H and O–H groups in total. The Morgan fingerprint density at radius 2 is 1.81 bits per heavy atom. The zero-order valence-corrected chi connectivity index (χ0v) is 19.4. The number of hydrogen-bond donors (Lipinski definition) is 1. The molecule has 7 heteroatoms. The highest BCUT2D eigenvalue weighted by molar-refractivity contribution is 6.31. The van der Waals surface area contributed by atoms with Gasteiger partial charge in [0, 0.05) is 40.9 Å². The van der Waals surface area contributed by atoms with Crippen LogP contribution in [-0.2, 0) is 17.8 Å². The molecule has 0 saturated heterocycles. The molecule has 4 aromatic rings. The van der Waals surface area contributed by atoms with Crippen LogP contribution in [0.25, 0.3) is 5.69 Å². The second kappa shape index (κ2) is 9.01. The van der Waals surface area contributed by atoms with Gasteiger partial charge in [0.05, 0.1) is 17.8 Å². The Hall–Kier alpha value is -3.38. The Bertz CT molecular complexity index is 1270. The van der Waals surface area contributed by atoms with Crippen molar-refractivity contribution in [3.05, 3.63) is 93.8 Å². The first-order valence-corrected chi connectivity index (χ1v) is 10.9. The summed E-state index contributed by atoms with van der Waals surface area (Å²) < 4.78 is 3.92. The Morgan fingerprint density at radius 3 is 2.47 bits per heavy atom. The zero-order valence-electron chi connectivity index (χ0n) is 18.7. The molecule has 0 aliphatic carbocycles. The molecule has 2 heterocycles. The number of benzene rings is 2. The van der Waals surface area contributed by atoms with E-state index in [-0.39, 0.29) is 12.3 Å². The molecule has 0 fully saturated rings. The smallest absolute Gasteiger partial charge is 0.228 e. The van der Waals surface area contributed by atoms with Crippen LogP contribution in [0.5, 0.6) is 0 Å². The number of nitrogens with one attached hydrogen (secondary N) is 1. The molecule has 0 bridgehead atoms. The van der Waals surface area contributed by atoms with Crippen molar-refractivity contribution in [2.75, 3.05) is 5.32 Å². The molecular formula is C25H26ClN5O. The van der Waals surface area contributed by atoms with Gasteiger partial charge in [-0.2, -0.15) is 5.10 Å². The van der Waals surface area contributed by atoms with E-state index < -0.39 is 0 Å². The van der Waals surface area contributed by atoms with E-state index in [0.717, 1.165) is 51.8 Å². The number of imidazole rings is 1. The van der Waals surface area contributed by atoms with Crippen LogP contribution in [0.1, 0.15) is 33.9 Å². The maximum absolute atomic E-state index is 12.7. The van der Waals surface area contributed by atoms with Gasteiger partial charge in [0.25, 0.3) is 0 Å². The largest absolute Gasteiger partial charge is 0.331 e. The minimum absolute atomic E-state index is 0.0732. The third-order valence-corrected chi connectivity index (χ3v) is 6.10. The second-order valence-corrected chi connectivity index (χ2v) is 8.43. The number of nitrogens with zero attached hydrogens (tertiary/aromatic N) is 4. The summed E-state index contributed by atoms with van der Waals surface area (Å²) in [6, 6.07) is 13.7. The highest BCUT2D eigenvalue weighted by Crippen LogP contribution is 2.23. The SMILES string of the molecule is Cc1ccc(-n2nc(C)c(CC(=O)Nc3ccc(Cn4ccnc4C)cc3)c2C)cc1Cl. The molecule has 2 aromatic carbocycles. The van der Waals surface area contributed by atoms with Gasteiger partial charge in [-0.1, -0.05) is 29.8 Å². The molecule has 6 nitrogen and oxygen atoms in total. The number of rotatable bonds is 6. The standard InChI is InChI=1S/C25H26ClN5O/c1-16-5-10-22(13-24(16)26)31-18(3)23(17(2)29-31)14-25(32)28-21-8-6-20(7-9-21)15-30-12-11-27-19(30)4/h5-13H,14-15H2,1-4H3,(H,28,32). The first kappa shape index (κ1) is 21.8. The Morgan fingerprint density at radius 1 is 1.06 bits per heavy atom. The molecular weight excluding hydrogens is 422 g/mol. The van der Waals surface area contributed by atoms with Crippen molar-refractivity contribution < 1.29 is 4.79 Å². The molecule has 164 valence electrons. The lowest BCUT2D eigenvalue weighted by Crippen LogP contribution is -2.15. The van der Waals surface area contributed by atoms with Crippen LogP contribution in [0.15, 0.2) is 54.9 Å². The predicted molar refractivity (Wildman–Crippen MR) is 128 cm³/mol. The van der Waals surface area contributed by atoms with E-state index in [0.29, 0.717) is 5.02 Å². The maximum Gasteiger partial charge on any atom is 0.228 e. The molecule has 32 heavy (non-hydrogen) atoms. The minimum Gasteiger partial charge on any atom is -0.331 e. The van der Waals surface area contributed by atoms with Gasteiger partial charge in [-0.3, -0.25) is 4.79 Å². The fraction of sp³-hybridized carbons (Fsp3) is 0.240. The molecule has 1 amide bonds. The van der Waals surface area contributed by atoms with Gasteiger partial charge in [-0.05, 0) is 63.1 Å². The van der Waals surface area contributed by atoms with Crippen molar-refractivity contribution in [3.8, 4) is 5.69 Å². The number of hydrogen-bond acceptors (Lipinski definition) is 3. The second-order valence-electron chi connectivity index (χ2n) is 8.02. The fourth-order valence-electron chi connectivity index (χ4n) is 3.72. The van der Waals surface area contributed by atoms with Crippen LogP contribution in [0.4, 0.5) is 5.69 Å². The molecule has 0 atom stereocenters. The average molecular weight is 448 g/mol. The van der Waals surface area contributed by atoms with Crippen LogP contribution >= 0.6 is 11.6 Å². The summed E-state index contributed by atoms with van der Waals surface area (Å²) in [5, 5.41) is 8.32. The molecule has 0 spiro atoms. The van der Waals surface area contributed by atoms with Crippen molar-refractivity contribution in [3.63, 3.8) is 0 Å². The first-order valence-electron chi connectivity index (χ1n) is 10.5. The number of amides is 1. The van der Waals surface area contributed by atoms with Gasteiger partial charge in [0.1, 0.15) is 5.82 Å². The van der Waals surface area contributed by atoms with Crippen molar-refractivity contribution in [1.82, 2.24) is 19.3 Å². The summed E-state index contributed by atoms with van der Waals surface area (Å²) in [6.45, 7) is 8.60. The van der Waals surface area contributed by atoms with Gasteiger partial charge < -0.3 is 9.88 Å². The summed E-state index contributed by atoms with van der Waals surface area (Å²) in [4.78, 5) is 17.0. The summed E-state index contributed by atoms with van der Waals surface area (Å²) in [7, 11) is 0. The highest BCUT2D eigenvalue weighted by atomic mass is 35.5. The lowest BCUT2D eigenvalue weighted by molar-refractivity contribution is -0.115. The van der Waals surface area contributed by atoms with E-state index >= 15 is 0 Å².